The first kappa shape index (κ1) is 13.3. The first-order valence-electron chi connectivity index (χ1n) is 6.20. The summed E-state index contributed by atoms with van der Waals surface area (Å²) in [5.74, 6) is 1.05. The van der Waals surface area contributed by atoms with Gasteiger partial charge in [-0.3, -0.25) is 4.79 Å². The van der Waals surface area contributed by atoms with Crippen LogP contribution in [0, 0.1) is 0 Å². The molecule has 3 nitrogen and oxygen atoms in total. The van der Waals surface area contributed by atoms with E-state index < -0.39 is 0 Å². The van der Waals surface area contributed by atoms with E-state index in [9.17, 15) is 4.79 Å². The molecule has 19 heavy (non-hydrogen) atoms. The van der Waals surface area contributed by atoms with Gasteiger partial charge >= 0.3 is 0 Å². The molecule has 100 valence electrons. The van der Waals surface area contributed by atoms with Crippen molar-refractivity contribution in [3.05, 3.63) is 37.0 Å². The van der Waals surface area contributed by atoms with Gasteiger partial charge in [-0.05, 0) is 34.8 Å². The summed E-state index contributed by atoms with van der Waals surface area (Å²) < 4.78 is 1.51. The lowest BCUT2D eigenvalue weighted by Gasteiger charge is -2.08. The Kier molecular flexibility index (Phi) is 3.78. The summed E-state index contributed by atoms with van der Waals surface area (Å²) in [6, 6.07) is 3.52. The van der Waals surface area contributed by atoms with Crippen LogP contribution in [0.25, 0.3) is 10.7 Å². The van der Waals surface area contributed by atoms with E-state index in [2.05, 4.69) is 25.9 Å². The van der Waals surface area contributed by atoms with Crippen molar-refractivity contribution >= 4 is 38.9 Å². The molecule has 0 saturated heterocycles. The van der Waals surface area contributed by atoms with E-state index in [1.165, 1.54) is 24.2 Å². The smallest absolute Gasteiger partial charge is 0.251 e. The molecule has 6 heteroatoms. The molecule has 1 N–H and O–H groups in total. The Morgan fingerprint density at radius 3 is 2.74 bits per heavy atom. The highest BCUT2D eigenvalue weighted by molar-refractivity contribution is 9.10. The van der Waals surface area contributed by atoms with Crippen molar-refractivity contribution < 1.29 is 0 Å². The number of nitrogens with one attached hydrogen (secondary N) is 1. The van der Waals surface area contributed by atoms with Crippen molar-refractivity contribution in [3.63, 3.8) is 0 Å². The number of rotatable bonds is 2. The highest BCUT2D eigenvalue weighted by Crippen LogP contribution is 2.37. The second kappa shape index (κ2) is 5.38. The van der Waals surface area contributed by atoms with E-state index in [4.69, 9.17) is 11.6 Å². The van der Waals surface area contributed by atoms with Crippen molar-refractivity contribution in [3.8, 4) is 10.7 Å². The van der Waals surface area contributed by atoms with Gasteiger partial charge in [0, 0.05) is 16.5 Å². The largest absolute Gasteiger partial charge is 0.306 e. The van der Waals surface area contributed by atoms with E-state index in [0.29, 0.717) is 16.1 Å². The summed E-state index contributed by atoms with van der Waals surface area (Å²) in [6.45, 7) is 0. The average Bonchev–Trinajstić information content (AvgIpc) is 3.00. The van der Waals surface area contributed by atoms with Crippen LogP contribution in [0.1, 0.15) is 37.3 Å². The average molecular weight is 360 g/mol. The lowest BCUT2D eigenvalue weighted by Crippen LogP contribution is -2.11. The van der Waals surface area contributed by atoms with Gasteiger partial charge in [0.25, 0.3) is 5.56 Å². The summed E-state index contributed by atoms with van der Waals surface area (Å²) in [7, 11) is 0. The van der Waals surface area contributed by atoms with Crippen LogP contribution in [-0.4, -0.2) is 9.97 Å². The summed E-state index contributed by atoms with van der Waals surface area (Å²) in [6.07, 6.45) is 4.71. The lowest BCUT2D eigenvalue weighted by molar-refractivity contribution is 0.693. The zero-order chi connectivity index (χ0) is 13.4. The van der Waals surface area contributed by atoms with Gasteiger partial charge in [-0.15, -0.1) is 11.3 Å². The Balaban J connectivity index is 2.04. The van der Waals surface area contributed by atoms with Crippen LogP contribution in [-0.2, 0) is 0 Å². The highest BCUT2D eigenvalue weighted by Gasteiger charge is 2.20. The number of nitrogens with zero attached hydrogens (tertiary/aromatic N) is 1. The van der Waals surface area contributed by atoms with Gasteiger partial charge in [0.15, 0.2) is 5.82 Å². The van der Waals surface area contributed by atoms with Crippen LogP contribution in [0.4, 0.5) is 0 Å². The minimum Gasteiger partial charge on any atom is -0.306 e. The summed E-state index contributed by atoms with van der Waals surface area (Å²) >= 11 is 10.8. The van der Waals surface area contributed by atoms with E-state index in [1.807, 2.05) is 6.07 Å². The Labute approximate surface area is 128 Å². The van der Waals surface area contributed by atoms with Gasteiger partial charge in [0.1, 0.15) is 4.34 Å². The number of halogens is 2. The van der Waals surface area contributed by atoms with E-state index in [1.54, 1.807) is 6.07 Å². The topological polar surface area (TPSA) is 45.8 Å². The van der Waals surface area contributed by atoms with Crippen LogP contribution >= 0.6 is 38.9 Å². The molecule has 1 aliphatic carbocycles. The summed E-state index contributed by atoms with van der Waals surface area (Å²) in [4.78, 5) is 20.1. The molecule has 2 aromatic rings. The molecule has 0 atom stereocenters. The number of H-pyrrole nitrogens is 1. The van der Waals surface area contributed by atoms with Gasteiger partial charge in [-0.25, -0.2) is 4.98 Å². The zero-order valence-corrected chi connectivity index (χ0v) is 13.2. The molecule has 0 spiro atoms. The molecule has 0 aliphatic heterocycles. The summed E-state index contributed by atoms with van der Waals surface area (Å²) in [5.41, 5.74) is 0.824. The minimum atomic E-state index is -0.0902. The monoisotopic (exact) mass is 358 g/mol. The maximum atomic E-state index is 11.8. The van der Waals surface area contributed by atoms with Crippen molar-refractivity contribution in [2.24, 2.45) is 0 Å². The molecular formula is C13H12BrClN2OS. The quantitative estimate of drug-likeness (QED) is 0.853. The standard InChI is InChI=1S/C13H12BrClN2OS/c14-8-5-10(19-12(8)15)13-16-9(6-11(18)17-13)7-3-1-2-4-7/h5-7H,1-4H2,(H,16,17,18). The zero-order valence-electron chi connectivity index (χ0n) is 10.1. The first-order valence-corrected chi connectivity index (χ1v) is 8.18. The van der Waals surface area contributed by atoms with Crippen LogP contribution in [0.3, 0.4) is 0 Å². The van der Waals surface area contributed by atoms with Crippen LogP contribution in [0.15, 0.2) is 21.4 Å². The lowest BCUT2D eigenvalue weighted by atomic mass is 10.0. The molecule has 1 fully saturated rings. The first-order chi connectivity index (χ1) is 9.13. The van der Waals surface area contributed by atoms with Gasteiger partial charge in [0.05, 0.1) is 10.6 Å². The van der Waals surface area contributed by atoms with Gasteiger partial charge in [-0.2, -0.15) is 0 Å². The molecule has 0 bridgehead atoms. The van der Waals surface area contributed by atoms with E-state index >= 15 is 0 Å². The van der Waals surface area contributed by atoms with Crippen LogP contribution in [0.2, 0.25) is 4.34 Å². The Bertz CT molecular complexity index is 641. The number of hydrogen-bond acceptors (Lipinski definition) is 3. The molecule has 0 aromatic carbocycles. The number of thiophene rings is 1. The Morgan fingerprint density at radius 2 is 2.11 bits per heavy atom. The third-order valence-corrected chi connectivity index (χ3v) is 5.89. The Hall–Kier alpha value is -0.650. The van der Waals surface area contributed by atoms with E-state index in [-0.39, 0.29) is 5.56 Å². The van der Waals surface area contributed by atoms with Gasteiger partial charge in [-0.1, -0.05) is 24.4 Å². The maximum Gasteiger partial charge on any atom is 0.251 e. The second-order valence-electron chi connectivity index (χ2n) is 4.73. The predicted octanol–water partition coefficient (Wildman–Crippen LogP) is 4.57. The normalized spacial score (nSPS) is 16.1. The predicted molar refractivity (Wildman–Crippen MR) is 82.1 cm³/mol. The number of aromatic nitrogens is 2. The molecule has 0 unspecified atom stereocenters. The summed E-state index contributed by atoms with van der Waals surface area (Å²) in [5, 5.41) is 0. The molecule has 3 rings (SSSR count). The van der Waals surface area contributed by atoms with Gasteiger partial charge in [0.2, 0.25) is 0 Å². The van der Waals surface area contributed by atoms with Crippen molar-refractivity contribution in [2.75, 3.05) is 0 Å². The Morgan fingerprint density at radius 1 is 1.37 bits per heavy atom. The van der Waals surface area contributed by atoms with Crippen LogP contribution in [0.5, 0.6) is 0 Å². The molecule has 2 aromatic heterocycles. The number of hydrogen-bond donors (Lipinski definition) is 1. The molecule has 1 aliphatic rings. The van der Waals surface area contributed by atoms with Gasteiger partial charge < -0.3 is 4.98 Å². The molecule has 2 heterocycles. The fourth-order valence-corrected chi connectivity index (χ4v) is 4.13. The fourth-order valence-electron chi connectivity index (χ4n) is 2.49. The molecule has 0 amide bonds. The third kappa shape index (κ3) is 2.78. The maximum absolute atomic E-state index is 11.8. The van der Waals surface area contributed by atoms with Crippen molar-refractivity contribution in [1.82, 2.24) is 9.97 Å². The molecule has 1 saturated carbocycles. The minimum absolute atomic E-state index is 0.0902. The van der Waals surface area contributed by atoms with E-state index in [0.717, 1.165) is 27.9 Å². The van der Waals surface area contributed by atoms with Crippen molar-refractivity contribution in [1.29, 1.82) is 0 Å². The second-order valence-corrected chi connectivity index (χ2v) is 7.24. The van der Waals surface area contributed by atoms with Crippen molar-refractivity contribution in [2.45, 2.75) is 31.6 Å². The highest BCUT2D eigenvalue weighted by atomic mass is 79.9. The SMILES string of the molecule is O=c1cc(C2CCCC2)nc(-c2cc(Br)c(Cl)s2)[nH]1. The molecular weight excluding hydrogens is 348 g/mol. The fraction of sp³-hybridized carbons (Fsp3) is 0.385. The molecule has 0 radical (unpaired) electrons. The third-order valence-electron chi connectivity index (χ3n) is 3.41. The van der Waals surface area contributed by atoms with Crippen LogP contribution < -0.4 is 5.56 Å². The number of aromatic amines is 1.